The van der Waals surface area contributed by atoms with Crippen LogP contribution in [0.25, 0.3) is 0 Å². The van der Waals surface area contributed by atoms with Gasteiger partial charge in [0.25, 0.3) is 0 Å². The molecule has 0 rings (SSSR count). The first-order valence-electron chi connectivity index (χ1n) is 35.9. The molecular formula is C73H143NNaO11Ti-. The third-order valence-electron chi connectivity index (χ3n) is 15.2. The van der Waals surface area contributed by atoms with Crippen LogP contribution in [-0.2, 0) is 55.2 Å². The molecular weight excluding hydrogens is 1140 g/mol. The third kappa shape index (κ3) is 110. The second-order valence-electron chi connectivity index (χ2n) is 25.8. The van der Waals surface area contributed by atoms with Crippen molar-refractivity contribution in [3.05, 3.63) is 6.42 Å². The molecule has 0 aromatic carbocycles. The van der Waals surface area contributed by atoms with Crippen LogP contribution in [0.2, 0.25) is 0 Å². The van der Waals surface area contributed by atoms with Crippen LogP contribution >= 0.6 is 0 Å². The van der Waals surface area contributed by atoms with E-state index in [1.54, 1.807) is 0 Å². The van der Waals surface area contributed by atoms with Gasteiger partial charge in [-0.3, -0.25) is 19.2 Å². The van der Waals surface area contributed by atoms with E-state index in [4.69, 9.17) is 21.1 Å². The number of ether oxygens (including phenoxy) is 1. The molecule has 0 spiro atoms. The molecule has 0 aliphatic rings. The number of carboxylic acids is 4. The average molecular weight is 1280 g/mol. The van der Waals surface area contributed by atoms with Gasteiger partial charge in [0.2, 0.25) is 0 Å². The summed E-state index contributed by atoms with van der Waals surface area (Å²) >= 11 is 0. The average Bonchev–Trinajstić information content (AvgIpc) is 3.47. The van der Waals surface area contributed by atoms with Crippen molar-refractivity contribution in [3.63, 3.8) is 0 Å². The molecule has 1 atom stereocenters. The zero-order valence-electron chi connectivity index (χ0n) is 59.0. The fraction of sp³-hybridized carbons (Fsp3) is 0.904. The van der Waals surface area contributed by atoms with Crippen molar-refractivity contribution in [3.8, 4) is 0 Å². The van der Waals surface area contributed by atoms with Crippen LogP contribution in [0.5, 0.6) is 0 Å². The van der Waals surface area contributed by atoms with E-state index in [0.29, 0.717) is 19.3 Å². The molecule has 0 heterocycles. The van der Waals surface area contributed by atoms with Gasteiger partial charge in [0, 0.05) is 46.9 Å². The molecule has 0 aromatic heterocycles. The van der Waals surface area contributed by atoms with Crippen LogP contribution in [0.4, 0.5) is 0 Å². The summed E-state index contributed by atoms with van der Waals surface area (Å²) in [5.74, 6) is -2.42. The van der Waals surface area contributed by atoms with Crippen molar-refractivity contribution in [2.45, 2.75) is 409 Å². The molecule has 0 saturated carbocycles. The number of carbonyl (C=O) groups is 6. The molecule has 87 heavy (non-hydrogen) atoms. The van der Waals surface area contributed by atoms with E-state index in [1.807, 2.05) is 20.3 Å². The predicted octanol–water partition coefficient (Wildman–Crippen LogP) is 18.2. The smallest absolute Gasteiger partial charge is 0.550 e. The van der Waals surface area contributed by atoms with Crippen molar-refractivity contribution in [2.75, 3.05) is 0 Å². The monoisotopic (exact) mass is 1280 g/mol. The first-order chi connectivity index (χ1) is 40.8. The van der Waals surface area contributed by atoms with Crippen molar-refractivity contribution < 1.29 is 105 Å². The molecule has 512 valence electrons. The second kappa shape index (κ2) is 84.7. The number of unbranched alkanes of at least 4 members (excludes halogenated alkanes) is 41. The number of aliphatic carboxylic acids is 4. The van der Waals surface area contributed by atoms with Gasteiger partial charge >= 0.3 is 59.4 Å². The summed E-state index contributed by atoms with van der Waals surface area (Å²) in [5, 5.41) is 35.7. The Balaban J connectivity index is -0.000000192. The minimum absolute atomic E-state index is 0. The summed E-state index contributed by atoms with van der Waals surface area (Å²) in [6, 6.07) is -1.29. The normalized spacial score (nSPS) is 10.9. The maximum atomic E-state index is 11.4. The molecule has 12 nitrogen and oxygen atoms in total. The molecule has 0 saturated heterocycles. The van der Waals surface area contributed by atoms with Gasteiger partial charge in [-0.25, -0.2) is 4.79 Å². The van der Waals surface area contributed by atoms with E-state index in [1.165, 1.54) is 250 Å². The van der Waals surface area contributed by atoms with E-state index in [2.05, 4.69) is 53.2 Å². The SMILES string of the molecule is CC(C)CCCCCCCCCCCCCCC(=O)O.CC(C)CCCCCCCCCCCCCCC(=O)O.CC(C)CCCCCCCCCCCCCCC(=O)[O-].CCCCCCCCCCCC(=O)OC(=O)[C@@H](N)CC(=O)O.C[CH-]C.[Na+].[Ti]. The molecule has 0 bridgehead atoms. The zero-order valence-corrected chi connectivity index (χ0v) is 62.6. The third-order valence-corrected chi connectivity index (χ3v) is 15.2. The number of hydrogen-bond donors (Lipinski definition) is 4. The van der Waals surface area contributed by atoms with Gasteiger partial charge in [-0.1, -0.05) is 331 Å². The van der Waals surface area contributed by atoms with Crippen LogP contribution < -0.4 is 40.4 Å². The topological polar surface area (TPSA) is 221 Å². The molecule has 0 fully saturated rings. The summed E-state index contributed by atoms with van der Waals surface area (Å²) in [4.78, 5) is 64.0. The number of rotatable bonds is 58. The number of carbonyl (C=O) groups excluding carboxylic acids is 3. The van der Waals surface area contributed by atoms with E-state index >= 15 is 0 Å². The van der Waals surface area contributed by atoms with Gasteiger partial charge in [-0.05, 0) is 49.9 Å². The fourth-order valence-corrected chi connectivity index (χ4v) is 9.87. The standard InChI is InChI=1S/3C18H36O2.C16H29NO5.C3H7.Na.Ti/c3*1-17(2)15-13-11-9-7-5-3-4-6-8-10-12-14-16-18(19)20;1-2-3-4-5-6-7-8-9-10-11-15(20)22-16(21)13(17)12-14(18)19;1-3-2;;/h3*17H,3-16H2,1-2H3,(H,19,20);13H,2-12,17H2,1H3,(H,18,19);3H,1-2H3;;/q;;;;-1;+1;/p-1/t;;;13-;;;/m...0.../s1. The van der Waals surface area contributed by atoms with Gasteiger partial charge < -0.3 is 42.1 Å². The van der Waals surface area contributed by atoms with Crippen molar-refractivity contribution in [1.82, 2.24) is 0 Å². The van der Waals surface area contributed by atoms with Crippen LogP contribution in [0.15, 0.2) is 0 Å². The van der Waals surface area contributed by atoms with E-state index in [-0.39, 0.29) is 64.1 Å². The summed E-state index contributed by atoms with van der Waals surface area (Å²) in [6.45, 7) is 20.0. The summed E-state index contributed by atoms with van der Waals surface area (Å²) in [6.07, 6.45) is 63.4. The minimum atomic E-state index is -1.29. The molecule has 5 N–H and O–H groups in total. The number of hydrogen-bond acceptors (Lipinski definition) is 9. The Kier molecular flexibility index (Phi) is 96.6. The zero-order chi connectivity index (χ0) is 64.7. The number of esters is 2. The van der Waals surface area contributed by atoms with Gasteiger partial charge in [-0.2, -0.15) is 13.8 Å². The van der Waals surface area contributed by atoms with Crippen molar-refractivity contribution in [2.24, 2.45) is 23.5 Å². The van der Waals surface area contributed by atoms with Gasteiger partial charge in [0.05, 0.1) is 6.42 Å². The Labute approximate surface area is 575 Å². The second-order valence-corrected chi connectivity index (χ2v) is 25.8. The van der Waals surface area contributed by atoms with Gasteiger partial charge in [0.15, 0.2) is 0 Å². The Morgan fingerprint density at radius 3 is 0.782 bits per heavy atom. The Morgan fingerprint density at radius 2 is 0.575 bits per heavy atom. The quantitative estimate of drug-likeness (QED) is 0.0147. The molecule has 0 unspecified atom stereocenters. The van der Waals surface area contributed by atoms with E-state index < -0.39 is 48.3 Å². The molecule has 0 aliphatic carbocycles. The Morgan fingerprint density at radius 1 is 0.368 bits per heavy atom. The summed E-state index contributed by atoms with van der Waals surface area (Å²) in [5.41, 5.74) is 5.30. The molecule has 14 heteroatoms. The van der Waals surface area contributed by atoms with Crippen molar-refractivity contribution in [1.29, 1.82) is 0 Å². The van der Waals surface area contributed by atoms with E-state index in [9.17, 15) is 33.9 Å². The Bertz CT molecular complexity index is 1310. The predicted molar refractivity (Wildman–Crippen MR) is 358 cm³/mol. The minimum Gasteiger partial charge on any atom is -0.550 e. The summed E-state index contributed by atoms with van der Waals surface area (Å²) < 4.78 is 4.52. The molecule has 0 amide bonds. The maximum absolute atomic E-state index is 11.4. The first-order valence-corrected chi connectivity index (χ1v) is 35.9. The number of nitrogens with two attached hydrogens (primary N) is 1. The molecule has 0 aromatic rings. The van der Waals surface area contributed by atoms with Gasteiger partial charge in [0.1, 0.15) is 6.04 Å². The summed E-state index contributed by atoms with van der Waals surface area (Å²) in [7, 11) is 0. The fourth-order valence-electron chi connectivity index (χ4n) is 9.87. The van der Waals surface area contributed by atoms with Crippen LogP contribution in [-0.4, -0.2) is 57.2 Å². The maximum Gasteiger partial charge on any atom is 1.00 e. The molecule has 0 radical (unpaired) electrons. The van der Waals surface area contributed by atoms with Crippen molar-refractivity contribution >= 4 is 35.8 Å². The molecule has 0 aliphatic heterocycles. The van der Waals surface area contributed by atoms with Crippen LogP contribution in [0.1, 0.15) is 403 Å². The van der Waals surface area contributed by atoms with Crippen LogP contribution in [0.3, 0.4) is 0 Å². The number of carboxylic acid groups (broad SMARTS) is 4. The largest absolute Gasteiger partial charge is 1.00 e. The van der Waals surface area contributed by atoms with Gasteiger partial charge in [-0.15, -0.1) is 0 Å². The van der Waals surface area contributed by atoms with E-state index in [0.717, 1.165) is 69.1 Å². The Hall–Kier alpha value is -1.31. The van der Waals surface area contributed by atoms with Crippen LogP contribution in [0, 0.1) is 24.2 Å². The first kappa shape index (κ1) is 99.3.